The van der Waals surface area contributed by atoms with E-state index in [2.05, 4.69) is 30.9 Å². The number of amides is 2. The molecule has 3 aromatic rings. The van der Waals surface area contributed by atoms with Crippen molar-refractivity contribution in [2.75, 3.05) is 36.9 Å². The minimum atomic E-state index is -3.81. The quantitative estimate of drug-likeness (QED) is 0.246. The number of carbonyl (C=O) groups excluding carboxylic acids is 3. The van der Waals surface area contributed by atoms with Crippen LogP contribution in [0.1, 0.15) is 33.5 Å². The number of carbonyl (C=O) groups is 3. The molecule has 212 valence electrons. The molecule has 0 spiro atoms. The van der Waals surface area contributed by atoms with Gasteiger partial charge in [-0.3, -0.25) is 14.9 Å². The van der Waals surface area contributed by atoms with Crippen LogP contribution in [0.4, 0.5) is 16.9 Å². The van der Waals surface area contributed by atoms with E-state index in [-0.39, 0.29) is 48.8 Å². The van der Waals surface area contributed by atoms with Crippen molar-refractivity contribution in [2.24, 2.45) is 5.14 Å². The highest BCUT2D eigenvalue weighted by atomic mass is 32.2. The number of nitrogens with two attached hydrogens (primary N) is 1. The van der Waals surface area contributed by atoms with Crippen molar-refractivity contribution < 1.29 is 27.5 Å². The second-order valence-corrected chi connectivity index (χ2v) is 11.3. The highest BCUT2D eigenvalue weighted by Crippen LogP contribution is 2.26. The molecule has 1 saturated heterocycles. The molecular formula is C24H28N8O6S2. The van der Waals surface area contributed by atoms with Gasteiger partial charge in [-0.15, -0.1) is 0 Å². The number of primary sulfonamides is 1. The summed E-state index contributed by atoms with van der Waals surface area (Å²) in [5, 5.41) is 14.3. The second-order valence-electron chi connectivity index (χ2n) is 8.73. The van der Waals surface area contributed by atoms with Crippen LogP contribution in [0, 0.1) is 6.92 Å². The summed E-state index contributed by atoms with van der Waals surface area (Å²) in [4.78, 5) is 51.9. The van der Waals surface area contributed by atoms with Crippen LogP contribution in [-0.2, 0) is 37.3 Å². The van der Waals surface area contributed by atoms with E-state index in [0.29, 0.717) is 40.3 Å². The molecule has 0 bridgehead atoms. The molecule has 5 N–H and O–H groups in total. The van der Waals surface area contributed by atoms with Crippen LogP contribution in [-0.4, -0.2) is 72.3 Å². The lowest BCUT2D eigenvalue weighted by atomic mass is 10.2. The van der Waals surface area contributed by atoms with Gasteiger partial charge in [0.15, 0.2) is 5.13 Å². The number of rotatable bonds is 10. The van der Waals surface area contributed by atoms with Crippen LogP contribution < -0.4 is 21.1 Å². The SMILES string of the molecule is CCOC(=O)c1sc(Nc2nc(CC(=O)N3CCNC(=O)C3)cc(NCc3ccc(S(N)(=O)=O)cc3)n2)nc1C. The fourth-order valence-corrected chi connectivity index (χ4v) is 5.14. The van der Waals surface area contributed by atoms with Crippen molar-refractivity contribution in [1.29, 1.82) is 0 Å². The molecule has 1 aliphatic heterocycles. The van der Waals surface area contributed by atoms with Gasteiger partial charge in [0.2, 0.25) is 27.8 Å². The van der Waals surface area contributed by atoms with E-state index in [1.54, 1.807) is 32.0 Å². The van der Waals surface area contributed by atoms with Crippen molar-refractivity contribution >= 4 is 56.0 Å². The zero-order chi connectivity index (χ0) is 28.9. The number of esters is 1. The van der Waals surface area contributed by atoms with Crippen LogP contribution >= 0.6 is 11.3 Å². The zero-order valence-electron chi connectivity index (χ0n) is 21.8. The standard InChI is InChI=1S/C24H28N8O6S2/c1-3-38-22(35)21-14(2)28-24(39-21)31-23-29-16(11-20(34)32-9-8-26-19(33)13-32)10-18(30-23)27-12-15-4-6-17(7-5-15)40(25,36)37/h4-7,10H,3,8-9,11-13H2,1-2H3,(H,26,33)(H2,25,36,37)(H2,27,28,29,30,31). The minimum absolute atomic E-state index is 0.00195. The molecular weight excluding hydrogens is 560 g/mol. The summed E-state index contributed by atoms with van der Waals surface area (Å²) in [6, 6.07) is 7.67. The minimum Gasteiger partial charge on any atom is -0.462 e. The molecule has 0 aliphatic carbocycles. The molecule has 3 heterocycles. The Morgan fingerprint density at radius 2 is 1.95 bits per heavy atom. The van der Waals surface area contributed by atoms with E-state index in [0.717, 1.165) is 16.9 Å². The number of nitrogens with one attached hydrogen (secondary N) is 3. The summed E-state index contributed by atoms with van der Waals surface area (Å²) in [5.74, 6) is -0.452. The highest BCUT2D eigenvalue weighted by molar-refractivity contribution is 7.89. The van der Waals surface area contributed by atoms with Gasteiger partial charge in [0, 0.05) is 25.7 Å². The largest absolute Gasteiger partial charge is 0.462 e. The molecule has 0 saturated carbocycles. The summed E-state index contributed by atoms with van der Waals surface area (Å²) in [7, 11) is -3.81. The Kier molecular flexibility index (Phi) is 8.91. The van der Waals surface area contributed by atoms with E-state index in [9.17, 15) is 22.8 Å². The number of aryl methyl sites for hydroxylation is 1. The van der Waals surface area contributed by atoms with Gasteiger partial charge in [-0.05, 0) is 31.5 Å². The zero-order valence-corrected chi connectivity index (χ0v) is 23.4. The third-order valence-electron chi connectivity index (χ3n) is 5.70. The fraction of sp³-hybridized carbons (Fsp3) is 0.333. The first-order valence-corrected chi connectivity index (χ1v) is 14.6. The maximum Gasteiger partial charge on any atom is 0.350 e. The van der Waals surface area contributed by atoms with Crippen LogP contribution in [0.3, 0.4) is 0 Å². The van der Waals surface area contributed by atoms with Crippen molar-refractivity contribution in [3.63, 3.8) is 0 Å². The van der Waals surface area contributed by atoms with Crippen molar-refractivity contribution in [3.05, 3.63) is 52.2 Å². The van der Waals surface area contributed by atoms with Crippen LogP contribution in [0.5, 0.6) is 0 Å². The number of sulfonamides is 1. The molecule has 2 amide bonds. The van der Waals surface area contributed by atoms with Gasteiger partial charge in [0.1, 0.15) is 10.7 Å². The molecule has 1 fully saturated rings. The predicted molar refractivity (Wildman–Crippen MR) is 147 cm³/mol. The molecule has 0 atom stereocenters. The molecule has 4 rings (SSSR count). The lowest BCUT2D eigenvalue weighted by Gasteiger charge is -2.26. The first-order chi connectivity index (χ1) is 19.0. The Labute approximate surface area is 234 Å². The van der Waals surface area contributed by atoms with Gasteiger partial charge in [-0.2, -0.15) is 4.98 Å². The van der Waals surface area contributed by atoms with E-state index < -0.39 is 16.0 Å². The molecule has 14 nitrogen and oxygen atoms in total. The molecule has 1 aliphatic rings. The topological polar surface area (TPSA) is 199 Å². The Balaban J connectivity index is 1.56. The maximum atomic E-state index is 12.9. The van der Waals surface area contributed by atoms with Crippen LogP contribution in [0.25, 0.3) is 0 Å². The van der Waals surface area contributed by atoms with Gasteiger partial charge in [-0.25, -0.2) is 28.3 Å². The number of thiazole rings is 1. The molecule has 0 unspecified atom stereocenters. The van der Waals surface area contributed by atoms with Crippen molar-refractivity contribution in [1.82, 2.24) is 25.2 Å². The highest BCUT2D eigenvalue weighted by Gasteiger charge is 2.22. The average Bonchev–Trinajstić information content (AvgIpc) is 3.27. The lowest BCUT2D eigenvalue weighted by molar-refractivity contribution is -0.137. The van der Waals surface area contributed by atoms with E-state index in [4.69, 9.17) is 9.88 Å². The summed E-state index contributed by atoms with van der Waals surface area (Å²) >= 11 is 1.09. The summed E-state index contributed by atoms with van der Waals surface area (Å²) < 4.78 is 28.1. The Morgan fingerprint density at radius 3 is 2.62 bits per heavy atom. The predicted octanol–water partition coefficient (Wildman–Crippen LogP) is 0.922. The first kappa shape index (κ1) is 28.8. The van der Waals surface area contributed by atoms with Gasteiger partial charge in [0.05, 0.1) is 35.9 Å². The maximum absolute atomic E-state index is 12.9. The van der Waals surface area contributed by atoms with Crippen molar-refractivity contribution in [2.45, 2.75) is 31.7 Å². The van der Waals surface area contributed by atoms with E-state index in [1.165, 1.54) is 17.0 Å². The molecule has 1 aromatic carbocycles. The van der Waals surface area contributed by atoms with Gasteiger partial charge >= 0.3 is 5.97 Å². The summed E-state index contributed by atoms with van der Waals surface area (Å²) in [6.45, 7) is 4.67. The van der Waals surface area contributed by atoms with Gasteiger partial charge < -0.3 is 20.3 Å². The Bertz CT molecular complexity index is 1520. The number of nitrogens with zero attached hydrogens (tertiary/aromatic N) is 4. The third kappa shape index (κ3) is 7.49. The summed E-state index contributed by atoms with van der Waals surface area (Å²) in [5.41, 5.74) is 1.63. The summed E-state index contributed by atoms with van der Waals surface area (Å²) in [6.07, 6.45) is -0.0762. The average molecular weight is 589 g/mol. The number of hydrogen-bond donors (Lipinski definition) is 4. The number of anilines is 3. The fourth-order valence-electron chi connectivity index (χ4n) is 3.77. The lowest BCUT2D eigenvalue weighted by Crippen LogP contribution is -2.50. The Hall–Kier alpha value is -4.15. The third-order valence-corrected chi connectivity index (χ3v) is 7.69. The molecule has 2 aromatic heterocycles. The van der Waals surface area contributed by atoms with Crippen LogP contribution in [0.2, 0.25) is 0 Å². The van der Waals surface area contributed by atoms with E-state index >= 15 is 0 Å². The number of piperazine rings is 1. The molecule has 0 radical (unpaired) electrons. The van der Waals surface area contributed by atoms with Crippen LogP contribution in [0.15, 0.2) is 35.2 Å². The van der Waals surface area contributed by atoms with E-state index in [1.807, 2.05) is 0 Å². The monoisotopic (exact) mass is 588 g/mol. The molecule has 16 heteroatoms. The number of aromatic nitrogens is 3. The number of ether oxygens (including phenoxy) is 1. The Morgan fingerprint density at radius 1 is 1.20 bits per heavy atom. The first-order valence-electron chi connectivity index (χ1n) is 12.2. The second kappa shape index (κ2) is 12.4. The van der Waals surface area contributed by atoms with Gasteiger partial charge in [0.25, 0.3) is 0 Å². The van der Waals surface area contributed by atoms with Gasteiger partial charge in [-0.1, -0.05) is 23.5 Å². The normalized spacial score (nSPS) is 13.5. The number of benzene rings is 1. The molecule has 40 heavy (non-hydrogen) atoms. The van der Waals surface area contributed by atoms with Crippen molar-refractivity contribution in [3.8, 4) is 0 Å². The number of hydrogen-bond acceptors (Lipinski definition) is 12. The smallest absolute Gasteiger partial charge is 0.350 e.